The molecule has 0 atom stereocenters. The Morgan fingerprint density at radius 3 is 2.36 bits per heavy atom. The number of allylic oxidation sites excluding steroid dienone is 1. The Labute approximate surface area is 126 Å². The van der Waals surface area contributed by atoms with E-state index in [0.29, 0.717) is 6.08 Å². The lowest BCUT2D eigenvalue weighted by Gasteiger charge is -2.12. The molecule has 0 aromatic heterocycles. The second kappa shape index (κ2) is 7.77. The summed E-state index contributed by atoms with van der Waals surface area (Å²) < 4.78 is 10.5. The molecule has 0 aliphatic rings. The number of aliphatic carboxylic acids is 1. The molecule has 0 aliphatic heterocycles. The molecule has 0 radical (unpaired) electrons. The van der Waals surface area contributed by atoms with Crippen LogP contribution in [0.3, 0.4) is 0 Å². The Kier molecular flexibility index (Phi) is 6.06. The van der Waals surface area contributed by atoms with Crippen LogP contribution < -0.4 is 9.47 Å². The van der Waals surface area contributed by atoms with Crippen LogP contribution in [-0.2, 0) is 4.79 Å². The molecule has 0 unspecified atom stereocenters. The maximum absolute atomic E-state index is 11.9. The number of ether oxygens (including phenoxy) is 2. The van der Waals surface area contributed by atoms with Crippen molar-refractivity contribution >= 4 is 17.4 Å². The van der Waals surface area contributed by atoms with E-state index in [2.05, 4.69) is 0 Å². The topological polar surface area (TPSA) is 116 Å². The van der Waals surface area contributed by atoms with E-state index in [-0.39, 0.29) is 30.3 Å². The van der Waals surface area contributed by atoms with E-state index >= 15 is 0 Å². The molecule has 1 rings (SSSR count). The highest BCUT2D eigenvalue weighted by Gasteiger charge is 2.24. The number of rotatable bonds is 8. The predicted molar refractivity (Wildman–Crippen MR) is 76.5 cm³/mol. The summed E-state index contributed by atoms with van der Waals surface area (Å²) in [5.41, 5.74) is -0.476. The first kappa shape index (κ1) is 17.2. The molecule has 8 heteroatoms. The molecule has 118 valence electrons. The number of nitro benzene ring substituents is 1. The zero-order valence-electron chi connectivity index (χ0n) is 12.1. The van der Waals surface area contributed by atoms with Gasteiger partial charge in [0.1, 0.15) is 0 Å². The molecule has 0 aliphatic carbocycles. The number of hydrogen-bond acceptors (Lipinski definition) is 6. The standard InChI is InChI=1S/C14H15NO7/c1-3-21-12-8-9(11(16)5-6-13(17)18)7-10(15(19)20)14(12)22-4-2/h5-8H,3-4H2,1-2H3,(H,17,18)/b6-5+. The summed E-state index contributed by atoms with van der Waals surface area (Å²) in [7, 11) is 0. The van der Waals surface area contributed by atoms with E-state index in [9.17, 15) is 19.7 Å². The fraction of sp³-hybridized carbons (Fsp3) is 0.286. The van der Waals surface area contributed by atoms with Gasteiger partial charge in [0.25, 0.3) is 0 Å². The minimum Gasteiger partial charge on any atom is -0.490 e. The average molecular weight is 309 g/mol. The average Bonchev–Trinajstić information content (AvgIpc) is 2.46. The zero-order chi connectivity index (χ0) is 16.7. The first-order valence-electron chi connectivity index (χ1n) is 6.44. The SMILES string of the molecule is CCOc1cc(C(=O)/C=C/C(=O)O)cc([N+](=O)[O-])c1OCC. The van der Waals surface area contributed by atoms with Crippen LogP contribution in [0.25, 0.3) is 0 Å². The first-order valence-corrected chi connectivity index (χ1v) is 6.44. The summed E-state index contributed by atoms with van der Waals surface area (Å²) in [5, 5.41) is 19.7. The van der Waals surface area contributed by atoms with Gasteiger partial charge >= 0.3 is 11.7 Å². The number of carbonyl (C=O) groups excluding carboxylic acids is 1. The van der Waals surface area contributed by atoms with Gasteiger partial charge < -0.3 is 14.6 Å². The third-order valence-electron chi connectivity index (χ3n) is 2.48. The zero-order valence-corrected chi connectivity index (χ0v) is 12.1. The Morgan fingerprint density at radius 2 is 1.86 bits per heavy atom. The highest BCUT2D eigenvalue weighted by atomic mass is 16.6. The molecule has 0 fully saturated rings. The lowest BCUT2D eigenvalue weighted by atomic mass is 10.1. The van der Waals surface area contributed by atoms with Crippen molar-refractivity contribution in [3.05, 3.63) is 40.0 Å². The van der Waals surface area contributed by atoms with Crippen LogP contribution in [0.4, 0.5) is 5.69 Å². The fourth-order valence-corrected chi connectivity index (χ4v) is 1.66. The third kappa shape index (κ3) is 4.30. The number of carboxylic acid groups (broad SMARTS) is 1. The number of benzene rings is 1. The summed E-state index contributed by atoms with van der Waals surface area (Å²) in [6.45, 7) is 3.75. The van der Waals surface area contributed by atoms with E-state index in [4.69, 9.17) is 14.6 Å². The van der Waals surface area contributed by atoms with Crippen LogP contribution >= 0.6 is 0 Å². The molecule has 0 saturated carbocycles. The van der Waals surface area contributed by atoms with Crippen molar-refractivity contribution in [2.45, 2.75) is 13.8 Å². The normalized spacial score (nSPS) is 10.5. The monoisotopic (exact) mass is 309 g/mol. The van der Waals surface area contributed by atoms with Gasteiger partial charge in [0, 0.05) is 17.7 Å². The second-order valence-corrected chi connectivity index (χ2v) is 3.98. The van der Waals surface area contributed by atoms with Crippen LogP contribution in [0.1, 0.15) is 24.2 Å². The summed E-state index contributed by atoms with van der Waals surface area (Å²) in [5.74, 6) is -1.98. The molecule has 1 N–H and O–H groups in total. The summed E-state index contributed by atoms with van der Waals surface area (Å²) in [4.78, 5) is 32.8. The van der Waals surface area contributed by atoms with Crippen molar-refractivity contribution in [3.63, 3.8) is 0 Å². The molecule has 1 aromatic carbocycles. The highest BCUT2D eigenvalue weighted by molar-refractivity contribution is 6.07. The summed E-state index contributed by atoms with van der Waals surface area (Å²) in [6, 6.07) is 2.32. The van der Waals surface area contributed by atoms with Gasteiger partial charge in [0.2, 0.25) is 5.75 Å². The van der Waals surface area contributed by atoms with Gasteiger partial charge in [-0.2, -0.15) is 0 Å². The van der Waals surface area contributed by atoms with Crippen molar-refractivity contribution < 1.29 is 29.1 Å². The van der Waals surface area contributed by atoms with Crippen LogP contribution in [-0.4, -0.2) is 35.0 Å². The molecular formula is C14H15NO7. The third-order valence-corrected chi connectivity index (χ3v) is 2.48. The second-order valence-electron chi connectivity index (χ2n) is 3.98. The summed E-state index contributed by atoms with van der Waals surface area (Å²) >= 11 is 0. The molecule has 0 saturated heterocycles. The molecule has 22 heavy (non-hydrogen) atoms. The minimum atomic E-state index is -1.29. The number of hydrogen-bond donors (Lipinski definition) is 1. The molecule has 0 spiro atoms. The van der Waals surface area contributed by atoms with Crippen LogP contribution in [0.5, 0.6) is 11.5 Å². The van der Waals surface area contributed by atoms with E-state index in [1.807, 2.05) is 0 Å². The molecule has 0 heterocycles. The number of carboxylic acids is 1. The van der Waals surface area contributed by atoms with Crippen LogP contribution in [0.15, 0.2) is 24.3 Å². The Balaban J connectivity index is 3.39. The largest absolute Gasteiger partial charge is 0.490 e. The van der Waals surface area contributed by atoms with E-state index < -0.39 is 22.4 Å². The van der Waals surface area contributed by atoms with Crippen LogP contribution in [0, 0.1) is 10.1 Å². The van der Waals surface area contributed by atoms with Gasteiger partial charge in [-0.15, -0.1) is 0 Å². The molecular weight excluding hydrogens is 294 g/mol. The number of ketones is 1. The Hall–Kier alpha value is -2.90. The quantitative estimate of drug-likeness (QED) is 0.338. The molecule has 0 bridgehead atoms. The van der Waals surface area contributed by atoms with Crippen molar-refractivity contribution in [1.82, 2.24) is 0 Å². The van der Waals surface area contributed by atoms with Gasteiger partial charge in [-0.3, -0.25) is 14.9 Å². The number of carbonyl (C=O) groups is 2. The van der Waals surface area contributed by atoms with Crippen molar-refractivity contribution in [2.24, 2.45) is 0 Å². The van der Waals surface area contributed by atoms with E-state index in [1.54, 1.807) is 13.8 Å². The Bertz CT molecular complexity index is 622. The van der Waals surface area contributed by atoms with Gasteiger partial charge in [-0.1, -0.05) is 0 Å². The molecule has 0 amide bonds. The van der Waals surface area contributed by atoms with Gasteiger partial charge in [0.05, 0.1) is 18.1 Å². The highest BCUT2D eigenvalue weighted by Crippen LogP contribution is 2.38. The van der Waals surface area contributed by atoms with Gasteiger partial charge in [0.15, 0.2) is 11.5 Å². The van der Waals surface area contributed by atoms with Crippen molar-refractivity contribution in [2.75, 3.05) is 13.2 Å². The Morgan fingerprint density at radius 1 is 1.23 bits per heavy atom. The number of nitro groups is 1. The molecule has 8 nitrogen and oxygen atoms in total. The maximum Gasteiger partial charge on any atom is 0.328 e. The smallest absolute Gasteiger partial charge is 0.328 e. The molecule has 1 aromatic rings. The predicted octanol–water partition coefficient (Wildman–Crippen LogP) is 2.22. The van der Waals surface area contributed by atoms with E-state index in [0.717, 1.165) is 12.1 Å². The fourth-order valence-electron chi connectivity index (χ4n) is 1.66. The van der Waals surface area contributed by atoms with Crippen molar-refractivity contribution in [3.8, 4) is 11.5 Å². The maximum atomic E-state index is 11.9. The summed E-state index contributed by atoms with van der Waals surface area (Å²) in [6.07, 6.45) is 1.47. The van der Waals surface area contributed by atoms with Gasteiger partial charge in [-0.25, -0.2) is 4.79 Å². The number of nitrogens with zero attached hydrogens (tertiary/aromatic N) is 1. The van der Waals surface area contributed by atoms with Gasteiger partial charge in [-0.05, 0) is 26.0 Å². The lowest BCUT2D eigenvalue weighted by Crippen LogP contribution is -2.05. The lowest BCUT2D eigenvalue weighted by molar-refractivity contribution is -0.386. The van der Waals surface area contributed by atoms with E-state index in [1.165, 1.54) is 6.07 Å². The van der Waals surface area contributed by atoms with Crippen molar-refractivity contribution in [1.29, 1.82) is 0 Å². The first-order chi connectivity index (χ1) is 10.4. The van der Waals surface area contributed by atoms with Crippen LogP contribution in [0.2, 0.25) is 0 Å². The minimum absolute atomic E-state index is 0.0592.